The Morgan fingerprint density at radius 2 is 1.56 bits per heavy atom. The van der Waals surface area contributed by atoms with Crippen molar-refractivity contribution in [2.45, 2.75) is 13.8 Å². The highest BCUT2D eigenvalue weighted by molar-refractivity contribution is 6.00. The maximum absolute atomic E-state index is 6.02. The zero-order valence-electron chi connectivity index (χ0n) is 10.6. The van der Waals surface area contributed by atoms with Gasteiger partial charge in [0.2, 0.25) is 0 Å². The second kappa shape index (κ2) is 6.22. The topological polar surface area (TPSA) is 38.4 Å². The van der Waals surface area contributed by atoms with Crippen molar-refractivity contribution in [2.24, 2.45) is 10.7 Å². The second-order valence-corrected chi connectivity index (χ2v) is 4.15. The molecule has 2 N–H and O–H groups in total. The summed E-state index contributed by atoms with van der Waals surface area (Å²) in [6, 6.07) is 16.0. The molecule has 0 saturated carbocycles. The van der Waals surface area contributed by atoms with E-state index in [0.29, 0.717) is 5.84 Å². The number of amidine groups is 1. The molecular formula is C15H17ClN2. The Morgan fingerprint density at radius 3 is 2.17 bits per heavy atom. The van der Waals surface area contributed by atoms with Crippen molar-refractivity contribution < 1.29 is 0 Å². The molecule has 0 bridgehead atoms. The largest absolute Gasteiger partial charge is 0.383 e. The summed E-state index contributed by atoms with van der Waals surface area (Å²) in [7, 11) is 0. The highest BCUT2D eigenvalue weighted by atomic mass is 35.5. The van der Waals surface area contributed by atoms with Crippen molar-refractivity contribution in [2.75, 3.05) is 0 Å². The number of hydrogen-bond acceptors (Lipinski definition) is 1. The molecule has 0 fully saturated rings. The average molecular weight is 261 g/mol. The van der Waals surface area contributed by atoms with Crippen LogP contribution in [-0.4, -0.2) is 5.84 Å². The maximum Gasteiger partial charge on any atom is 0.131 e. The molecule has 2 aromatic rings. The van der Waals surface area contributed by atoms with Crippen LogP contribution in [0.2, 0.25) is 0 Å². The smallest absolute Gasteiger partial charge is 0.131 e. The van der Waals surface area contributed by atoms with Gasteiger partial charge in [-0.2, -0.15) is 0 Å². The van der Waals surface area contributed by atoms with Gasteiger partial charge in [-0.25, -0.2) is 4.99 Å². The average Bonchev–Trinajstić information content (AvgIpc) is 2.32. The third kappa shape index (κ3) is 3.34. The molecule has 0 aliphatic heterocycles. The lowest BCUT2D eigenvalue weighted by Crippen LogP contribution is -2.14. The van der Waals surface area contributed by atoms with Crippen LogP contribution in [0.1, 0.15) is 16.7 Å². The molecule has 2 nitrogen and oxygen atoms in total. The summed E-state index contributed by atoms with van der Waals surface area (Å²) >= 11 is 0. The van der Waals surface area contributed by atoms with Gasteiger partial charge in [0, 0.05) is 5.56 Å². The van der Waals surface area contributed by atoms with Crippen molar-refractivity contribution in [1.82, 2.24) is 0 Å². The minimum Gasteiger partial charge on any atom is -0.383 e. The molecule has 0 radical (unpaired) electrons. The van der Waals surface area contributed by atoms with Gasteiger partial charge in [-0.1, -0.05) is 42.0 Å². The Hall–Kier alpha value is -1.80. The first kappa shape index (κ1) is 14.3. The van der Waals surface area contributed by atoms with Crippen molar-refractivity contribution >= 4 is 23.9 Å². The fourth-order valence-electron chi connectivity index (χ4n) is 1.68. The minimum atomic E-state index is 0. The van der Waals surface area contributed by atoms with Crippen LogP contribution in [-0.2, 0) is 0 Å². The molecule has 0 aliphatic carbocycles. The van der Waals surface area contributed by atoms with E-state index in [1.165, 1.54) is 5.56 Å². The van der Waals surface area contributed by atoms with Crippen LogP contribution in [0.5, 0.6) is 0 Å². The van der Waals surface area contributed by atoms with E-state index in [-0.39, 0.29) is 12.4 Å². The fourth-order valence-corrected chi connectivity index (χ4v) is 1.68. The van der Waals surface area contributed by atoms with Gasteiger partial charge in [-0.05, 0) is 31.5 Å². The van der Waals surface area contributed by atoms with E-state index in [9.17, 15) is 0 Å². The lowest BCUT2D eigenvalue weighted by molar-refractivity contribution is 1.38. The summed E-state index contributed by atoms with van der Waals surface area (Å²) in [6.07, 6.45) is 0. The Morgan fingerprint density at radius 1 is 0.944 bits per heavy atom. The number of rotatable bonds is 2. The third-order valence-corrected chi connectivity index (χ3v) is 2.70. The van der Waals surface area contributed by atoms with Crippen LogP contribution < -0.4 is 5.73 Å². The van der Waals surface area contributed by atoms with Crippen LogP contribution >= 0.6 is 12.4 Å². The molecule has 0 aromatic heterocycles. The van der Waals surface area contributed by atoms with Gasteiger partial charge in [0.15, 0.2) is 0 Å². The first-order valence-corrected chi connectivity index (χ1v) is 5.63. The van der Waals surface area contributed by atoms with Gasteiger partial charge in [0.1, 0.15) is 5.84 Å². The SMILES string of the molecule is Cc1ccc(/N=C(\N)c2ccccc2C)cc1.Cl. The Balaban J connectivity index is 0.00000162. The normalized spacial score (nSPS) is 10.9. The van der Waals surface area contributed by atoms with E-state index in [0.717, 1.165) is 16.8 Å². The summed E-state index contributed by atoms with van der Waals surface area (Å²) in [5.41, 5.74) is 10.3. The van der Waals surface area contributed by atoms with Crippen molar-refractivity contribution in [3.8, 4) is 0 Å². The molecule has 2 aromatic carbocycles. The first-order chi connectivity index (χ1) is 8.16. The molecular weight excluding hydrogens is 244 g/mol. The van der Waals surface area contributed by atoms with Gasteiger partial charge >= 0.3 is 0 Å². The Bertz CT molecular complexity index is 545. The van der Waals surface area contributed by atoms with Crippen LogP contribution in [0.3, 0.4) is 0 Å². The molecule has 0 aliphatic rings. The van der Waals surface area contributed by atoms with Crippen molar-refractivity contribution in [3.63, 3.8) is 0 Å². The Labute approximate surface area is 114 Å². The first-order valence-electron chi connectivity index (χ1n) is 5.63. The number of benzene rings is 2. The molecule has 94 valence electrons. The lowest BCUT2D eigenvalue weighted by atomic mass is 10.1. The number of hydrogen-bond donors (Lipinski definition) is 1. The van der Waals surface area contributed by atoms with E-state index in [2.05, 4.69) is 11.9 Å². The third-order valence-electron chi connectivity index (χ3n) is 2.70. The predicted octanol–water partition coefficient (Wildman–Crippen LogP) is 3.76. The highest BCUT2D eigenvalue weighted by Gasteiger charge is 2.01. The van der Waals surface area contributed by atoms with Crippen LogP contribution in [0, 0.1) is 13.8 Å². The van der Waals surface area contributed by atoms with Crippen molar-refractivity contribution in [3.05, 3.63) is 65.2 Å². The molecule has 0 amide bonds. The van der Waals surface area contributed by atoms with E-state index < -0.39 is 0 Å². The van der Waals surface area contributed by atoms with E-state index in [1.54, 1.807) is 0 Å². The highest BCUT2D eigenvalue weighted by Crippen LogP contribution is 2.15. The molecule has 0 atom stereocenters. The van der Waals surface area contributed by atoms with Gasteiger partial charge in [0.25, 0.3) is 0 Å². The number of aryl methyl sites for hydroxylation is 2. The number of aliphatic imine (C=N–C) groups is 1. The summed E-state index contributed by atoms with van der Waals surface area (Å²) in [5.74, 6) is 0.562. The molecule has 0 saturated heterocycles. The van der Waals surface area contributed by atoms with Gasteiger partial charge < -0.3 is 5.73 Å². The van der Waals surface area contributed by atoms with Crippen molar-refractivity contribution in [1.29, 1.82) is 0 Å². The summed E-state index contributed by atoms with van der Waals surface area (Å²) < 4.78 is 0. The molecule has 0 unspecified atom stereocenters. The monoisotopic (exact) mass is 260 g/mol. The van der Waals surface area contributed by atoms with Gasteiger partial charge in [-0.3, -0.25) is 0 Å². The van der Waals surface area contributed by atoms with Crippen LogP contribution in [0.4, 0.5) is 5.69 Å². The summed E-state index contributed by atoms with van der Waals surface area (Å²) in [6.45, 7) is 4.09. The van der Waals surface area contributed by atoms with Crippen LogP contribution in [0.15, 0.2) is 53.5 Å². The Kier molecular flexibility index (Phi) is 4.93. The number of nitrogens with zero attached hydrogens (tertiary/aromatic N) is 1. The van der Waals surface area contributed by atoms with E-state index in [4.69, 9.17) is 5.73 Å². The quantitative estimate of drug-likeness (QED) is 0.648. The van der Waals surface area contributed by atoms with Gasteiger partial charge in [0.05, 0.1) is 5.69 Å². The molecule has 2 rings (SSSR count). The van der Waals surface area contributed by atoms with E-state index >= 15 is 0 Å². The van der Waals surface area contributed by atoms with Crippen LogP contribution in [0.25, 0.3) is 0 Å². The minimum absolute atomic E-state index is 0. The number of halogens is 1. The fraction of sp³-hybridized carbons (Fsp3) is 0.133. The zero-order chi connectivity index (χ0) is 12.3. The van der Waals surface area contributed by atoms with Gasteiger partial charge in [-0.15, -0.1) is 12.4 Å². The lowest BCUT2D eigenvalue weighted by Gasteiger charge is -2.04. The predicted molar refractivity (Wildman–Crippen MR) is 80.0 cm³/mol. The molecule has 18 heavy (non-hydrogen) atoms. The summed E-state index contributed by atoms with van der Waals surface area (Å²) in [4.78, 5) is 4.43. The second-order valence-electron chi connectivity index (χ2n) is 4.15. The zero-order valence-corrected chi connectivity index (χ0v) is 11.4. The van der Waals surface area contributed by atoms with E-state index in [1.807, 2.05) is 55.5 Å². The molecule has 3 heteroatoms. The standard InChI is InChI=1S/C15H16N2.ClH/c1-11-7-9-13(10-8-11)17-15(16)14-6-4-3-5-12(14)2;/h3-10H,1-2H3,(H2,16,17);1H. The maximum atomic E-state index is 6.02. The molecule has 0 heterocycles. The number of nitrogens with two attached hydrogens (primary N) is 1. The summed E-state index contributed by atoms with van der Waals surface area (Å²) in [5, 5.41) is 0. The molecule has 0 spiro atoms.